The number of nitrogens with two attached hydrogens (primary N) is 1. The van der Waals surface area contributed by atoms with Crippen molar-refractivity contribution >= 4 is 11.6 Å². The topological polar surface area (TPSA) is 47.3 Å². The first-order chi connectivity index (χ1) is 9.65. The van der Waals surface area contributed by atoms with Crippen LogP contribution in [0.1, 0.15) is 17.2 Å². The molecule has 0 spiro atoms. The van der Waals surface area contributed by atoms with Gasteiger partial charge in [0.05, 0.1) is 13.2 Å². The number of hydrogen-bond acceptors (Lipinski definition) is 3. The predicted molar refractivity (Wildman–Crippen MR) is 78.2 cm³/mol. The Balaban J connectivity index is 2.31. The lowest BCUT2D eigenvalue weighted by Gasteiger charge is -2.20. The van der Waals surface area contributed by atoms with Gasteiger partial charge in [-0.1, -0.05) is 29.8 Å². The van der Waals surface area contributed by atoms with E-state index >= 15 is 0 Å². The van der Waals surface area contributed by atoms with E-state index in [1.165, 1.54) is 13.2 Å². The van der Waals surface area contributed by atoms with Crippen LogP contribution in [-0.2, 0) is 6.42 Å². The molecule has 20 heavy (non-hydrogen) atoms. The van der Waals surface area contributed by atoms with Gasteiger partial charge >= 0.3 is 0 Å². The van der Waals surface area contributed by atoms with Crippen molar-refractivity contribution in [3.63, 3.8) is 0 Å². The van der Waals surface area contributed by atoms with Crippen LogP contribution in [0.2, 0.25) is 5.02 Å². The lowest BCUT2D eigenvalue weighted by atomic mass is 9.98. The molecule has 3 N–H and O–H groups in total. The smallest absolute Gasteiger partial charge is 0.131 e. The van der Waals surface area contributed by atoms with E-state index in [1.54, 1.807) is 24.3 Å². The highest BCUT2D eigenvalue weighted by molar-refractivity contribution is 6.30. The molecule has 0 aliphatic heterocycles. The zero-order valence-corrected chi connectivity index (χ0v) is 11.8. The Morgan fingerprint density at radius 1 is 1.25 bits per heavy atom. The Bertz CT molecular complexity index is 575. The van der Waals surface area contributed by atoms with Gasteiger partial charge in [-0.05, 0) is 36.2 Å². The second-order valence-electron chi connectivity index (χ2n) is 4.41. The highest BCUT2D eigenvalue weighted by Crippen LogP contribution is 2.29. The van der Waals surface area contributed by atoms with Crippen LogP contribution in [0, 0.1) is 5.82 Å². The van der Waals surface area contributed by atoms with E-state index < -0.39 is 0 Å². The van der Waals surface area contributed by atoms with E-state index in [0.29, 0.717) is 22.8 Å². The lowest BCUT2D eigenvalue weighted by molar-refractivity contribution is 0.390. The monoisotopic (exact) mass is 294 g/mol. The second-order valence-corrected chi connectivity index (χ2v) is 4.84. The molecular weight excluding hydrogens is 279 g/mol. The summed E-state index contributed by atoms with van der Waals surface area (Å²) < 4.78 is 19.3. The van der Waals surface area contributed by atoms with Gasteiger partial charge in [0, 0.05) is 10.6 Å². The van der Waals surface area contributed by atoms with Crippen LogP contribution in [0.5, 0.6) is 5.75 Å². The molecule has 3 nitrogen and oxygen atoms in total. The van der Waals surface area contributed by atoms with Crippen molar-refractivity contribution < 1.29 is 9.13 Å². The van der Waals surface area contributed by atoms with Crippen molar-refractivity contribution in [2.45, 2.75) is 12.5 Å². The molecule has 0 radical (unpaired) electrons. The number of halogens is 2. The molecule has 106 valence electrons. The van der Waals surface area contributed by atoms with Gasteiger partial charge in [0.15, 0.2) is 0 Å². The molecule has 0 saturated carbocycles. The average Bonchev–Trinajstić information content (AvgIpc) is 2.47. The molecule has 0 aliphatic rings. The zero-order valence-electron chi connectivity index (χ0n) is 11.1. The minimum absolute atomic E-state index is 0.346. The molecule has 0 bridgehead atoms. The average molecular weight is 295 g/mol. The van der Waals surface area contributed by atoms with Crippen LogP contribution in [0.3, 0.4) is 0 Å². The van der Waals surface area contributed by atoms with Crippen LogP contribution < -0.4 is 16.0 Å². The standard InChI is InChI=1S/C15H16ClFN2O/c1-20-14-4-2-3-12(17)15(14)13(19-18)9-10-5-7-11(16)8-6-10/h2-8,13,19H,9,18H2,1H3. The first-order valence-electron chi connectivity index (χ1n) is 6.18. The van der Waals surface area contributed by atoms with E-state index in [-0.39, 0.29) is 11.9 Å². The predicted octanol–water partition coefficient (Wildman–Crippen LogP) is 3.23. The van der Waals surface area contributed by atoms with E-state index in [2.05, 4.69) is 5.43 Å². The first kappa shape index (κ1) is 14.8. The molecule has 1 unspecified atom stereocenters. The Morgan fingerprint density at radius 2 is 1.95 bits per heavy atom. The molecule has 2 aromatic rings. The highest BCUT2D eigenvalue weighted by atomic mass is 35.5. The van der Waals surface area contributed by atoms with Crippen molar-refractivity contribution in [1.82, 2.24) is 5.43 Å². The van der Waals surface area contributed by atoms with Crippen molar-refractivity contribution in [3.05, 3.63) is 64.4 Å². The first-order valence-corrected chi connectivity index (χ1v) is 6.56. The third-order valence-corrected chi connectivity index (χ3v) is 3.39. The maximum Gasteiger partial charge on any atom is 0.131 e. The Labute approximate surface area is 122 Å². The number of methoxy groups -OCH3 is 1. The number of hydrazine groups is 1. The molecule has 0 aromatic heterocycles. The van der Waals surface area contributed by atoms with Gasteiger partial charge in [-0.15, -0.1) is 0 Å². The summed E-state index contributed by atoms with van der Waals surface area (Å²) in [5.74, 6) is 5.70. The molecule has 5 heteroatoms. The van der Waals surface area contributed by atoms with Gasteiger partial charge in [0.25, 0.3) is 0 Å². The Kier molecular flexibility index (Phi) is 4.95. The number of benzene rings is 2. The molecule has 2 aromatic carbocycles. The van der Waals surface area contributed by atoms with E-state index in [0.717, 1.165) is 5.56 Å². The Hall–Kier alpha value is -1.62. The second kappa shape index (κ2) is 6.70. The summed E-state index contributed by atoms with van der Waals surface area (Å²) in [5, 5.41) is 0.662. The minimum atomic E-state index is -0.382. The third kappa shape index (κ3) is 3.28. The molecule has 0 aliphatic carbocycles. The van der Waals surface area contributed by atoms with Crippen molar-refractivity contribution in [2.24, 2.45) is 5.84 Å². The van der Waals surface area contributed by atoms with Crippen LogP contribution in [-0.4, -0.2) is 7.11 Å². The number of nitrogens with one attached hydrogen (secondary N) is 1. The summed E-state index contributed by atoms with van der Waals surface area (Å²) in [6.07, 6.45) is 0.533. The van der Waals surface area contributed by atoms with Gasteiger partial charge in [0.2, 0.25) is 0 Å². The normalized spacial score (nSPS) is 12.2. The van der Waals surface area contributed by atoms with Gasteiger partial charge in [-0.25, -0.2) is 4.39 Å². The summed E-state index contributed by atoms with van der Waals surface area (Å²) >= 11 is 5.85. The van der Waals surface area contributed by atoms with Crippen LogP contribution in [0.15, 0.2) is 42.5 Å². The number of ether oxygens (including phenoxy) is 1. The summed E-state index contributed by atoms with van der Waals surface area (Å²) in [7, 11) is 1.51. The number of rotatable bonds is 5. The van der Waals surface area contributed by atoms with Gasteiger partial charge < -0.3 is 4.74 Å². The fourth-order valence-electron chi connectivity index (χ4n) is 2.13. The molecule has 0 fully saturated rings. The summed E-state index contributed by atoms with van der Waals surface area (Å²) in [6, 6.07) is 11.7. The molecular formula is C15H16ClFN2O. The lowest BCUT2D eigenvalue weighted by Crippen LogP contribution is -2.30. The summed E-state index contributed by atoms with van der Waals surface area (Å²) in [4.78, 5) is 0. The molecule has 0 amide bonds. The largest absolute Gasteiger partial charge is 0.496 e. The summed E-state index contributed by atoms with van der Waals surface area (Å²) in [5.41, 5.74) is 4.07. The van der Waals surface area contributed by atoms with Crippen LogP contribution in [0.4, 0.5) is 4.39 Å². The maximum absolute atomic E-state index is 14.0. The van der Waals surface area contributed by atoms with E-state index in [4.69, 9.17) is 22.2 Å². The van der Waals surface area contributed by atoms with Gasteiger partial charge in [-0.2, -0.15) is 0 Å². The van der Waals surface area contributed by atoms with Crippen molar-refractivity contribution in [2.75, 3.05) is 7.11 Å². The Morgan fingerprint density at radius 3 is 2.55 bits per heavy atom. The van der Waals surface area contributed by atoms with Gasteiger partial charge in [0.1, 0.15) is 11.6 Å². The van der Waals surface area contributed by atoms with Crippen LogP contribution >= 0.6 is 11.6 Å². The third-order valence-electron chi connectivity index (χ3n) is 3.14. The zero-order chi connectivity index (χ0) is 14.5. The molecule has 1 atom stereocenters. The van der Waals surface area contributed by atoms with E-state index in [9.17, 15) is 4.39 Å². The highest BCUT2D eigenvalue weighted by Gasteiger charge is 2.19. The van der Waals surface area contributed by atoms with Crippen molar-refractivity contribution in [1.29, 1.82) is 0 Å². The fraction of sp³-hybridized carbons (Fsp3) is 0.200. The SMILES string of the molecule is COc1cccc(F)c1C(Cc1ccc(Cl)cc1)NN. The minimum Gasteiger partial charge on any atom is -0.496 e. The van der Waals surface area contributed by atoms with E-state index in [1.807, 2.05) is 12.1 Å². The number of hydrogen-bond donors (Lipinski definition) is 2. The summed E-state index contributed by atoms with van der Waals surface area (Å²) in [6.45, 7) is 0. The quantitative estimate of drug-likeness (QED) is 0.657. The van der Waals surface area contributed by atoms with Gasteiger partial charge in [-0.3, -0.25) is 11.3 Å². The molecule has 0 heterocycles. The molecule has 0 saturated heterocycles. The van der Waals surface area contributed by atoms with Crippen LogP contribution in [0.25, 0.3) is 0 Å². The molecule has 2 rings (SSSR count). The fourth-order valence-corrected chi connectivity index (χ4v) is 2.26. The maximum atomic E-state index is 14.0. The van der Waals surface area contributed by atoms with Crippen molar-refractivity contribution in [3.8, 4) is 5.75 Å².